The van der Waals surface area contributed by atoms with Crippen molar-refractivity contribution >= 4 is 34.2 Å². The molecular formula is C22H29N3O7S. The second-order valence-corrected chi connectivity index (χ2v) is 10.4. The molecule has 3 aliphatic rings. The number of nitrogens with zero attached hydrogens (tertiary/aromatic N) is 3. The van der Waals surface area contributed by atoms with Crippen molar-refractivity contribution in [2.24, 2.45) is 0 Å². The van der Waals surface area contributed by atoms with Crippen molar-refractivity contribution in [1.29, 1.82) is 0 Å². The highest BCUT2D eigenvalue weighted by atomic mass is 32.2. The molecule has 180 valence electrons. The zero-order chi connectivity index (χ0) is 24.4. The van der Waals surface area contributed by atoms with Gasteiger partial charge in [0.05, 0.1) is 5.56 Å². The first-order valence-electron chi connectivity index (χ1n) is 11.0. The summed E-state index contributed by atoms with van der Waals surface area (Å²) in [5.74, 6) is -0.883. The van der Waals surface area contributed by atoms with E-state index in [1.165, 1.54) is 12.1 Å². The van der Waals surface area contributed by atoms with Crippen molar-refractivity contribution in [3.8, 4) is 0 Å². The molecule has 0 aliphatic carbocycles. The van der Waals surface area contributed by atoms with Gasteiger partial charge < -0.3 is 14.9 Å². The predicted molar refractivity (Wildman–Crippen MR) is 118 cm³/mol. The molecule has 33 heavy (non-hydrogen) atoms. The molecule has 11 heteroatoms. The van der Waals surface area contributed by atoms with Crippen LogP contribution in [0, 0.1) is 0 Å². The Labute approximate surface area is 193 Å². The van der Waals surface area contributed by atoms with E-state index >= 15 is 0 Å². The van der Waals surface area contributed by atoms with E-state index in [1.807, 2.05) is 18.7 Å². The van der Waals surface area contributed by atoms with Crippen molar-refractivity contribution in [1.82, 2.24) is 14.1 Å². The smallest absolute Gasteiger partial charge is 0.290 e. The number of benzene rings is 1. The van der Waals surface area contributed by atoms with Gasteiger partial charge in [-0.25, -0.2) is 12.7 Å². The van der Waals surface area contributed by atoms with Gasteiger partial charge in [0, 0.05) is 32.1 Å². The zero-order valence-electron chi connectivity index (χ0n) is 18.8. The molecule has 1 aromatic carbocycles. The summed E-state index contributed by atoms with van der Waals surface area (Å²) >= 11 is 0. The summed E-state index contributed by atoms with van der Waals surface area (Å²) in [4.78, 5) is 50.7. The topological polar surface area (TPSA) is 132 Å². The number of carboxylic acid groups (broad SMARTS) is 1. The molecular weight excluding hydrogens is 450 g/mol. The molecule has 0 radical (unpaired) electrons. The first kappa shape index (κ1) is 24.7. The van der Waals surface area contributed by atoms with Gasteiger partial charge in [-0.05, 0) is 51.7 Å². The lowest BCUT2D eigenvalue weighted by atomic mass is 9.84. The van der Waals surface area contributed by atoms with Crippen LogP contribution < -0.4 is 0 Å². The van der Waals surface area contributed by atoms with Crippen LogP contribution >= 0.6 is 0 Å². The molecule has 1 N–H and O–H groups in total. The van der Waals surface area contributed by atoms with E-state index in [9.17, 15) is 22.8 Å². The van der Waals surface area contributed by atoms with Crippen molar-refractivity contribution < 1.29 is 32.7 Å². The maximum Gasteiger partial charge on any atom is 0.290 e. The minimum atomic E-state index is -3.94. The van der Waals surface area contributed by atoms with Crippen LogP contribution in [0.4, 0.5) is 0 Å². The molecule has 3 amide bonds. The summed E-state index contributed by atoms with van der Waals surface area (Å²) in [5.41, 5.74) is -0.686. The Bertz CT molecular complexity index is 1060. The van der Waals surface area contributed by atoms with Crippen LogP contribution in [0.2, 0.25) is 0 Å². The third-order valence-electron chi connectivity index (χ3n) is 6.50. The number of carbonyl (C=O) groups excluding carboxylic acids is 3. The van der Waals surface area contributed by atoms with E-state index in [1.54, 1.807) is 17.0 Å². The van der Waals surface area contributed by atoms with Crippen LogP contribution in [0.15, 0.2) is 29.2 Å². The van der Waals surface area contributed by atoms with Crippen molar-refractivity contribution in [3.05, 3.63) is 29.8 Å². The molecule has 1 aromatic rings. The van der Waals surface area contributed by atoms with E-state index in [0.717, 1.165) is 17.1 Å². The van der Waals surface area contributed by atoms with Gasteiger partial charge >= 0.3 is 0 Å². The van der Waals surface area contributed by atoms with Gasteiger partial charge in [-0.2, -0.15) is 0 Å². The number of rotatable bonds is 4. The minimum Gasteiger partial charge on any atom is -0.483 e. The number of fused-ring (bicyclic) bond motifs is 1. The van der Waals surface area contributed by atoms with E-state index in [4.69, 9.17) is 9.90 Å². The SMILES string of the molecule is CC(C)N1CCCC2(CCCN2C(=O)CCN2C(=O)c3ccccc3S2(=O)=O)C1=O.O=CO. The van der Waals surface area contributed by atoms with Gasteiger partial charge in [0.25, 0.3) is 22.4 Å². The van der Waals surface area contributed by atoms with E-state index in [-0.39, 0.29) is 47.8 Å². The van der Waals surface area contributed by atoms with Crippen LogP contribution in [-0.2, 0) is 24.4 Å². The highest BCUT2D eigenvalue weighted by Crippen LogP contribution is 2.39. The molecule has 0 aromatic heterocycles. The maximum absolute atomic E-state index is 13.2. The summed E-state index contributed by atoms with van der Waals surface area (Å²) < 4.78 is 26.2. The van der Waals surface area contributed by atoms with Crippen LogP contribution in [0.5, 0.6) is 0 Å². The fourth-order valence-corrected chi connectivity index (χ4v) is 6.59. The number of amides is 3. The lowest BCUT2D eigenvalue weighted by Crippen LogP contribution is -2.62. The van der Waals surface area contributed by atoms with Crippen molar-refractivity contribution in [3.63, 3.8) is 0 Å². The molecule has 1 atom stereocenters. The van der Waals surface area contributed by atoms with E-state index in [0.29, 0.717) is 25.9 Å². The Morgan fingerprint density at radius 3 is 2.36 bits per heavy atom. The average molecular weight is 480 g/mol. The van der Waals surface area contributed by atoms with Gasteiger partial charge in [0.1, 0.15) is 10.4 Å². The lowest BCUT2D eigenvalue weighted by molar-refractivity contribution is -0.156. The lowest BCUT2D eigenvalue weighted by Gasteiger charge is -2.46. The number of hydrogen-bond donors (Lipinski definition) is 1. The Morgan fingerprint density at radius 1 is 1.15 bits per heavy atom. The molecule has 2 fully saturated rings. The number of piperidine rings is 1. The first-order chi connectivity index (χ1) is 15.6. The third-order valence-corrected chi connectivity index (χ3v) is 8.34. The summed E-state index contributed by atoms with van der Waals surface area (Å²) in [7, 11) is -3.94. The molecule has 0 saturated carbocycles. The minimum absolute atomic E-state index is 0.00752. The summed E-state index contributed by atoms with van der Waals surface area (Å²) in [6, 6.07) is 6.14. The summed E-state index contributed by atoms with van der Waals surface area (Å²) in [6.45, 7) is 4.65. The highest BCUT2D eigenvalue weighted by Gasteiger charge is 2.53. The molecule has 10 nitrogen and oxygen atoms in total. The molecule has 1 unspecified atom stereocenters. The number of carbonyl (C=O) groups is 4. The van der Waals surface area contributed by atoms with Crippen LogP contribution in [0.3, 0.4) is 0 Å². The third kappa shape index (κ3) is 4.21. The van der Waals surface area contributed by atoms with Crippen molar-refractivity contribution in [2.45, 2.75) is 62.4 Å². The number of hydrogen-bond acceptors (Lipinski definition) is 6. The largest absolute Gasteiger partial charge is 0.483 e. The molecule has 3 heterocycles. The predicted octanol–water partition coefficient (Wildman–Crippen LogP) is 1.31. The van der Waals surface area contributed by atoms with Crippen LogP contribution in [0.1, 0.15) is 56.3 Å². The van der Waals surface area contributed by atoms with Gasteiger partial charge in [-0.3, -0.25) is 19.2 Å². The summed E-state index contributed by atoms with van der Waals surface area (Å²) in [6.07, 6.45) is 2.72. The Kier molecular flexibility index (Phi) is 7.11. The second-order valence-electron chi connectivity index (χ2n) is 8.61. The van der Waals surface area contributed by atoms with Gasteiger partial charge in [-0.1, -0.05) is 12.1 Å². The first-order valence-corrected chi connectivity index (χ1v) is 12.4. The standard InChI is InChI=1S/C21H27N3O5S.CH2O2/c1-15(2)22-12-5-10-21(20(22)27)11-6-13-23(21)18(25)9-14-24-19(26)16-7-3-4-8-17(16)30(24,28)29;2-1-3/h3-4,7-8,15H,5-6,9-14H2,1-2H3;1H,(H,2,3). The molecule has 1 spiro atoms. The van der Waals surface area contributed by atoms with E-state index < -0.39 is 21.5 Å². The van der Waals surface area contributed by atoms with Gasteiger partial charge in [0.15, 0.2) is 0 Å². The monoisotopic (exact) mass is 479 g/mol. The zero-order valence-corrected chi connectivity index (χ0v) is 19.6. The normalized spacial score (nSPS) is 23.5. The Balaban J connectivity index is 0.000000968. The van der Waals surface area contributed by atoms with E-state index in [2.05, 4.69) is 0 Å². The second kappa shape index (κ2) is 9.50. The quantitative estimate of drug-likeness (QED) is 0.644. The Hall–Kier alpha value is -2.95. The number of likely N-dealkylation sites (tertiary alicyclic amines) is 2. The number of sulfonamides is 1. The van der Waals surface area contributed by atoms with Crippen LogP contribution in [-0.4, -0.2) is 83.0 Å². The average Bonchev–Trinajstić information content (AvgIpc) is 3.27. The van der Waals surface area contributed by atoms with Crippen molar-refractivity contribution in [2.75, 3.05) is 19.6 Å². The fraction of sp³-hybridized carbons (Fsp3) is 0.545. The van der Waals surface area contributed by atoms with Gasteiger partial charge in [-0.15, -0.1) is 0 Å². The molecule has 0 bridgehead atoms. The molecule has 2 saturated heterocycles. The molecule has 3 aliphatic heterocycles. The Morgan fingerprint density at radius 2 is 1.76 bits per heavy atom. The fourth-order valence-electron chi connectivity index (χ4n) is 5.02. The van der Waals surface area contributed by atoms with Crippen LogP contribution in [0.25, 0.3) is 0 Å². The molecule has 4 rings (SSSR count). The highest BCUT2D eigenvalue weighted by molar-refractivity contribution is 7.90. The van der Waals surface area contributed by atoms with Gasteiger partial charge in [0.2, 0.25) is 11.8 Å². The summed E-state index contributed by atoms with van der Waals surface area (Å²) in [5, 5.41) is 6.89. The maximum atomic E-state index is 13.2.